The molecule has 0 aliphatic carbocycles. The maximum atomic E-state index is 12.9. The second-order valence-corrected chi connectivity index (χ2v) is 7.28. The van der Waals surface area contributed by atoms with E-state index in [2.05, 4.69) is 20.4 Å². The van der Waals surface area contributed by atoms with Crippen molar-refractivity contribution in [1.29, 1.82) is 0 Å². The van der Waals surface area contributed by atoms with Gasteiger partial charge in [0, 0.05) is 51.6 Å². The van der Waals surface area contributed by atoms with Crippen LogP contribution in [-0.2, 0) is 6.42 Å². The predicted molar refractivity (Wildman–Crippen MR) is 101 cm³/mol. The lowest BCUT2D eigenvalue weighted by atomic mass is 10.2. The van der Waals surface area contributed by atoms with Crippen LogP contribution in [0.2, 0.25) is 0 Å². The van der Waals surface area contributed by atoms with Crippen LogP contribution in [0.15, 0.2) is 9.52 Å². The zero-order chi connectivity index (χ0) is 20.7. The van der Waals surface area contributed by atoms with E-state index < -0.39 is 12.2 Å². The number of alkyl halides is 3. The first-order chi connectivity index (χ1) is 13.2. The van der Waals surface area contributed by atoms with Crippen LogP contribution in [0, 0.1) is 0 Å². The number of hydrogen-bond acceptors (Lipinski definition) is 5. The maximum Gasteiger partial charge on any atom is 0.403 e. The van der Waals surface area contributed by atoms with E-state index >= 15 is 0 Å². The smallest absolute Gasteiger partial charge is 0.357 e. The summed E-state index contributed by atoms with van der Waals surface area (Å²) in [6, 6.07) is -1.42. The predicted octanol–water partition coefficient (Wildman–Crippen LogP) is 2.66. The number of hydrogen-bond donors (Lipinski definition) is 1. The molecular weight excluding hydrogens is 373 g/mol. The highest BCUT2D eigenvalue weighted by atomic mass is 19.4. The molecule has 7 nitrogen and oxygen atoms in total. The molecule has 0 spiro atoms. The number of halogens is 3. The molecule has 2 rings (SSSR count). The SMILES string of the molecule is CCNC(=NCCCc1nc(C(C)C)no1)N1CCN(C(C)C(F)(F)F)CC1. The molecule has 1 unspecified atom stereocenters. The number of rotatable bonds is 7. The van der Waals surface area contributed by atoms with Gasteiger partial charge in [0.25, 0.3) is 0 Å². The van der Waals surface area contributed by atoms with Gasteiger partial charge in [-0.2, -0.15) is 18.2 Å². The molecule has 2 heterocycles. The van der Waals surface area contributed by atoms with E-state index in [4.69, 9.17) is 4.52 Å². The van der Waals surface area contributed by atoms with Crippen LogP contribution in [-0.4, -0.2) is 77.4 Å². The quantitative estimate of drug-likeness (QED) is 0.428. The van der Waals surface area contributed by atoms with E-state index in [0.29, 0.717) is 57.4 Å². The summed E-state index contributed by atoms with van der Waals surface area (Å²) in [4.78, 5) is 12.5. The Balaban J connectivity index is 1.83. The van der Waals surface area contributed by atoms with Crippen LogP contribution >= 0.6 is 0 Å². The second kappa shape index (κ2) is 10.1. The van der Waals surface area contributed by atoms with Gasteiger partial charge in [0.15, 0.2) is 11.8 Å². The van der Waals surface area contributed by atoms with Gasteiger partial charge in [-0.3, -0.25) is 9.89 Å². The molecule has 1 aliphatic rings. The summed E-state index contributed by atoms with van der Waals surface area (Å²) in [7, 11) is 0. The third-order valence-electron chi connectivity index (χ3n) is 4.78. The molecule has 1 saturated heterocycles. The normalized spacial score (nSPS) is 18.0. The average Bonchev–Trinajstić information content (AvgIpc) is 3.12. The van der Waals surface area contributed by atoms with Gasteiger partial charge in [-0.25, -0.2) is 0 Å². The molecule has 0 amide bonds. The fourth-order valence-corrected chi connectivity index (χ4v) is 2.97. The van der Waals surface area contributed by atoms with E-state index in [-0.39, 0.29) is 5.92 Å². The van der Waals surface area contributed by atoms with E-state index in [0.717, 1.165) is 12.4 Å². The lowest BCUT2D eigenvalue weighted by molar-refractivity contribution is -0.181. The Hall–Kier alpha value is -1.84. The van der Waals surface area contributed by atoms with Crippen LogP contribution in [0.25, 0.3) is 0 Å². The van der Waals surface area contributed by atoms with Crippen molar-refractivity contribution >= 4 is 5.96 Å². The van der Waals surface area contributed by atoms with E-state index in [1.54, 1.807) is 0 Å². The summed E-state index contributed by atoms with van der Waals surface area (Å²) in [5.74, 6) is 2.29. The molecule has 1 atom stereocenters. The van der Waals surface area contributed by atoms with Crippen LogP contribution in [0.4, 0.5) is 13.2 Å². The number of aliphatic imine (C=N–C) groups is 1. The largest absolute Gasteiger partial charge is 0.403 e. The summed E-state index contributed by atoms with van der Waals surface area (Å²) < 4.78 is 43.9. The van der Waals surface area contributed by atoms with E-state index in [1.165, 1.54) is 11.8 Å². The average molecular weight is 404 g/mol. The Morgan fingerprint density at radius 1 is 1.21 bits per heavy atom. The summed E-state index contributed by atoms with van der Waals surface area (Å²) in [5.41, 5.74) is 0. The van der Waals surface area contributed by atoms with Crippen molar-refractivity contribution in [3.05, 3.63) is 11.7 Å². The molecule has 0 radical (unpaired) electrons. The number of nitrogens with one attached hydrogen (secondary N) is 1. The minimum atomic E-state index is -4.19. The Labute approximate surface area is 164 Å². The van der Waals surface area contributed by atoms with Crippen molar-refractivity contribution in [3.8, 4) is 0 Å². The maximum absolute atomic E-state index is 12.9. The van der Waals surface area contributed by atoms with Crippen LogP contribution in [0.1, 0.15) is 51.7 Å². The summed E-state index contributed by atoms with van der Waals surface area (Å²) in [5, 5.41) is 7.17. The molecule has 10 heteroatoms. The molecular formula is C18H31F3N6O. The molecule has 1 N–H and O–H groups in total. The molecule has 1 aromatic heterocycles. The van der Waals surface area contributed by atoms with Gasteiger partial charge in [-0.05, 0) is 20.3 Å². The van der Waals surface area contributed by atoms with Gasteiger partial charge in [0.1, 0.15) is 6.04 Å². The Kier molecular flexibility index (Phi) is 8.09. The van der Waals surface area contributed by atoms with Gasteiger partial charge >= 0.3 is 6.18 Å². The topological polar surface area (TPSA) is 69.8 Å². The van der Waals surface area contributed by atoms with Gasteiger partial charge in [0.05, 0.1) is 0 Å². The molecule has 0 aromatic carbocycles. The zero-order valence-corrected chi connectivity index (χ0v) is 17.1. The Morgan fingerprint density at radius 2 is 1.89 bits per heavy atom. The number of piperazine rings is 1. The first-order valence-electron chi connectivity index (χ1n) is 9.88. The van der Waals surface area contributed by atoms with Crippen molar-refractivity contribution < 1.29 is 17.7 Å². The highest BCUT2D eigenvalue weighted by Crippen LogP contribution is 2.25. The molecule has 1 aromatic rings. The molecule has 1 aliphatic heterocycles. The molecule has 160 valence electrons. The molecule has 1 fully saturated rings. The van der Waals surface area contributed by atoms with Gasteiger partial charge in [-0.1, -0.05) is 19.0 Å². The lowest BCUT2D eigenvalue weighted by Gasteiger charge is -2.39. The van der Waals surface area contributed by atoms with Crippen molar-refractivity contribution in [2.24, 2.45) is 4.99 Å². The lowest BCUT2D eigenvalue weighted by Crippen LogP contribution is -2.56. The van der Waals surface area contributed by atoms with Crippen molar-refractivity contribution in [2.45, 2.75) is 58.7 Å². The monoisotopic (exact) mass is 404 g/mol. The summed E-state index contributed by atoms with van der Waals surface area (Å²) in [6.45, 7) is 10.3. The van der Waals surface area contributed by atoms with Crippen LogP contribution in [0.5, 0.6) is 0 Å². The van der Waals surface area contributed by atoms with E-state index in [9.17, 15) is 13.2 Å². The Bertz CT molecular complexity index is 623. The second-order valence-electron chi connectivity index (χ2n) is 7.28. The molecule has 28 heavy (non-hydrogen) atoms. The van der Waals surface area contributed by atoms with Crippen molar-refractivity contribution in [3.63, 3.8) is 0 Å². The first-order valence-corrected chi connectivity index (χ1v) is 9.88. The first kappa shape index (κ1) is 22.4. The van der Waals surface area contributed by atoms with Gasteiger partial charge in [0.2, 0.25) is 5.89 Å². The fourth-order valence-electron chi connectivity index (χ4n) is 2.97. The third kappa shape index (κ3) is 6.35. The summed E-state index contributed by atoms with van der Waals surface area (Å²) >= 11 is 0. The van der Waals surface area contributed by atoms with E-state index in [1.807, 2.05) is 25.7 Å². The fraction of sp³-hybridized carbons (Fsp3) is 0.833. The standard InChI is InChI=1S/C18H31F3N6O/c1-5-22-17(23-8-6-7-15-24-16(13(2)3)25-28-15)27-11-9-26(10-12-27)14(4)18(19,20)21/h13-14H,5-12H2,1-4H3,(H,22,23). The van der Waals surface area contributed by atoms with Crippen LogP contribution < -0.4 is 5.32 Å². The number of guanidine groups is 1. The third-order valence-corrected chi connectivity index (χ3v) is 4.78. The zero-order valence-electron chi connectivity index (χ0n) is 17.1. The van der Waals surface area contributed by atoms with Crippen molar-refractivity contribution in [1.82, 2.24) is 25.3 Å². The number of aryl methyl sites for hydroxylation is 1. The molecule has 0 bridgehead atoms. The van der Waals surface area contributed by atoms with Gasteiger partial charge in [-0.15, -0.1) is 0 Å². The highest BCUT2D eigenvalue weighted by Gasteiger charge is 2.41. The van der Waals surface area contributed by atoms with Gasteiger partial charge < -0.3 is 14.7 Å². The minimum Gasteiger partial charge on any atom is -0.357 e. The minimum absolute atomic E-state index is 0.231. The highest BCUT2D eigenvalue weighted by molar-refractivity contribution is 5.80. The van der Waals surface area contributed by atoms with Crippen molar-refractivity contribution in [2.75, 3.05) is 39.3 Å². The molecule has 0 saturated carbocycles. The number of aromatic nitrogens is 2. The summed E-state index contributed by atoms with van der Waals surface area (Å²) in [6.07, 6.45) is -2.77. The Morgan fingerprint density at radius 3 is 2.43 bits per heavy atom. The number of nitrogens with zero attached hydrogens (tertiary/aromatic N) is 5. The van der Waals surface area contributed by atoms with Crippen LogP contribution in [0.3, 0.4) is 0 Å².